The van der Waals surface area contributed by atoms with Crippen LogP contribution in [0.3, 0.4) is 0 Å². The zero-order chi connectivity index (χ0) is 24.1. The van der Waals surface area contributed by atoms with Gasteiger partial charge in [-0.1, -0.05) is 0 Å². The number of benzene rings is 1. The van der Waals surface area contributed by atoms with Gasteiger partial charge in [0.05, 0.1) is 19.3 Å². The highest BCUT2D eigenvalue weighted by atomic mass is 16.5. The van der Waals surface area contributed by atoms with Crippen LogP contribution in [0.1, 0.15) is 43.0 Å². The van der Waals surface area contributed by atoms with Gasteiger partial charge in [0.2, 0.25) is 11.8 Å². The van der Waals surface area contributed by atoms with Gasteiger partial charge < -0.3 is 29.5 Å². The van der Waals surface area contributed by atoms with Gasteiger partial charge in [0.15, 0.2) is 0 Å². The minimum absolute atomic E-state index is 0.0182. The van der Waals surface area contributed by atoms with E-state index in [2.05, 4.69) is 5.32 Å². The van der Waals surface area contributed by atoms with E-state index in [1.165, 1.54) is 6.92 Å². The van der Waals surface area contributed by atoms with Gasteiger partial charge in [0, 0.05) is 51.8 Å². The maximum Gasteiger partial charge on any atom is 0.254 e. The summed E-state index contributed by atoms with van der Waals surface area (Å²) in [6, 6.07) is 6.27. The van der Waals surface area contributed by atoms with Crippen LogP contribution >= 0.6 is 0 Å². The van der Waals surface area contributed by atoms with E-state index in [1.807, 2.05) is 9.80 Å². The molecule has 0 spiro atoms. The zero-order valence-corrected chi connectivity index (χ0v) is 20.2. The number of methoxy groups -OCH3 is 1. The molecule has 4 rings (SSSR count). The van der Waals surface area contributed by atoms with Crippen molar-refractivity contribution in [1.29, 1.82) is 0 Å². The first-order chi connectivity index (χ1) is 16.5. The van der Waals surface area contributed by atoms with E-state index in [0.717, 1.165) is 32.4 Å². The summed E-state index contributed by atoms with van der Waals surface area (Å²) in [4.78, 5) is 45.0. The van der Waals surface area contributed by atoms with Gasteiger partial charge in [-0.25, -0.2) is 0 Å². The van der Waals surface area contributed by atoms with E-state index in [9.17, 15) is 14.4 Å². The van der Waals surface area contributed by atoms with Crippen LogP contribution in [-0.4, -0.2) is 104 Å². The van der Waals surface area contributed by atoms with E-state index in [0.29, 0.717) is 50.5 Å². The summed E-state index contributed by atoms with van der Waals surface area (Å²) < 4.78 is 11.1. The van der Waals surface area contributed by atoms with Gasteiger partial charge >= 0.3 is 0 Å². The Morgan fingerprint density at radius 1 is 1.15 bits per heavy atom. The topological polar surface area (TPSA) is 91.4 Å². The molecule has 1 N–H and O–H groups in total. The predicted molar refractivity (Wildman–Crippen MR) is 127 cm³/mol. The van der Waals surface area contributed by atoms with E-state index < -0.39 is 6.04 Å². The Kier molecular flexibility index (Phi) is 8.05. The molecule has 3 saturated heterocycles. The van der Waals surface area contributed by atoms with Crippen LogP contribution in [0.2, 0.25) is 0 Å². The Balaban J connectivity index is 1.56. The van der Waals surface area contributed by atoms with Gasteiger partial charge in [0.25, 0.3) is 5.91 Å². The maximum absolute atomic E-state index is 13.6. The lowest BCUT2D eigenvalue weighted by Gasteiger charge is -2.31. The fourth-order valence-electron chi connectivity index (χ4n) is 5.20. The van der Waals surface area contributed by atoms with Crippen molar-refractivity contribution in [2.75, 3.05) is 53.0 Å². The minimum atomic E-state index is -0.545. The molecule has 1 aromatic carbocycles. The fraction of sp³-hybridized carbons (Fsp3) is 0.640. The first-order valence-electron chi connectivity index (χ1n) is 12.3. The number of hydrogen-bond acceptors (Lipinski definition) is 6. The molecular formula is C25H36N4O5. The van der Waals surface area contributed by atoms with E-state index in [-0.39, 0.29) is 29.9 Å². The van der Waals surface area contributed by atoms with Crippen molar-refractivity contribution in [2.45, 2.75) is 50.8 Å². The molecule has 3 aliphatic heterocycles. The molecule has 0 bridgehead atoms. The molecule has 0 saturated carbocycles. The molecule has 3 amide bonds. The molecule has 34 heavy (non-hydrogen) atoms. The lowest BCUT2D eigenvalue weighted by atomic mass is 10.1. The standard InChI is InChI=1S/C25H36N4O5/c1-18(30)28-16-20(15-23(28)25(32)27-12-4-10-26-11-13-27)29(17-22-5-3-14-34-22)24(31)19-6-8-21(33-2)9-7-19/h6-9,20,22-23,26H,3-5,10-17H2,1-2H3. The molecule has 0 aliphatic carbocycles. The highest BCUT2D eigenvalue weighted by Crippen LogP contribution is 2.28. The summed E-state index contributed by atoms with van der Waals surface area (Å²) in [5, 5.41) is 3.32. The Bertz CT molecular complexity index is 863. The fourth-order valence-corrected chi connectivity index (χ4v) is 5.20. The second-order valence-electron chi connectivity index (χ2n) is 9.33. The molecule has 3 fully saturated rings. The summed E-state index contributed by atoms with van der Waals surface area (Å²) in [5.41, 5.74) is 0.557. The summed E-state index contributed by atoms with van der Waals surface area (Å²) in [6.45, 7) is 5.97. The maximum atomic E-state index is 13.6. The molecule has 3 atom stereocenters. The molecular weight excluding hydrogens is 436 g/mol. The highest BCUT2D eigenvalue weighted by Gasteiger charge is 2.44. The molecule has 3 aliphatic rings. The third kappa shape index (κ3) is 5.52. The molecule has 186 valence electrons. The van der Waals surface area contributed by atoms with E-state index in [1.54, 1.807) is 36.3 Å². The second-order valence-corrected chi connectivity index (χ2v) is 9.33. The summed E-state index contributed by atoms with van der Waals surface area (Å²) in [6.07, 6.45) is 3.18. The van der Waals surface area contributed by atoms with Crippen LogP contribution in [0.15, 0.2) is 24.3 Å². The van der Waals surface area contributed by atoms with Crippen molar-refractivity contribution in [2.24, 2.45) is 0 Å². The monoisotopic (exact) mass is 472 g/mol. The van der Waals surface area contributed by atoms with Crippen molar-refractivity contribution >= 4 is 17.7 Å². The largest absolute Gasteiger partial charge is 0.497 e. The van der Waals surface area contributed by atoms with Gasteiger partial charge in [0.1, 0.15) is 11.8 Å². The molecule has 9 heteroatoms. The third-order valence-electron chi connectivity index (χ3n) is 7.08. The first kappa shape index (κ1) is 24.5. The Labute approximate surface area is 201 Å². The molecule has 0 aromatic heterocycles. The van der Waals surface area contributed by atoms with Crippen LogP contribution in [0.25, 0.3) is 0 Å². The minimum Gasteiger partial charge on any atom is -0.497 e. The van der Waals surface area contributed by atoms with Crippen LogP contribution in [0, 0.1) is 0 Å². The van der Waals surface area contributed by atoms with E-state index in [4.69, 9.17) is 9.47 Å². The van der Waals surface area contributed by atoms with Crippen LogP contribution in [-0.2, 0) is 14.3 Å². The molecule has 9 nitrogen and oxygen atoms in total. The number of amides is 3. The average molecular weight is 473 g/mol. The number of carbonyl (C=O) groups is 3. The average Bonchev–Trinajstić information content (AvgIpc) is 3.45. The highest BCUT2D eigenvalue weighted by molar-refractivity contribution is 5.95. The van der Waals surface area contributed by atoms with Crippen LogP contribution < -0.4 is 10.1 Å². The summed E-state index contributed by atoms with van der Waals surface area (Å²) >= 11 is 0. The lowest BCUT2D eigenvalue weighted by Crippen LogP contribution is -2.48. The number of rotatable bonds is 6. The Morgan fingerprint density at radius 2 is 1.94 bits per heavy atom. The van der Waals surface area contributed by atoms with Gasteiger partial charge in [-0.15, -0.1) is 0 Å². The van der Waals surface area contributed by atoms with Crippen molar-refractivity contribution in [3.8, 4) is 5.75 Å². The van der Waals surface area contributed by atoms with Crippen LogP contribution in [0.4, 0.5) is 0 Å². The summed E-state index contributed by atoms with van der Waals surface area (Å²) in [5.74, 6) is 0.417. The predicted octanol–water partition coefficient (Wildman–Crippen LogP) is 1.13. The zero-order valence-electron chi connectivity index (χ0n) is 20.2. The molecule has 3 unspecified atom stereocenters. The number of nitrogens with one attached hydrogen (secondary N) is 1. The van der Waals surface area contributed by atoms with E-state index >= 15 is 0 Å². The molecule has 0 radical (unpaired) electrons. The Hall–Kier alpha value is -2.65. The van der Waals surface area contributed by atoms with Gasteiger partial charge in [-0.05, 0) is 56.5 Å². The molecule has 3 heterocycles. The number of nitrogens with zero attached hydrogens (tertiary/aromatic N) is 3. The smallest absolute Gasteiger partial charge is 0.254 e. The number of hydrogen-bond donors (Lipinski definition) is 1. The second kappa shape index (κ2) is 11.2. The SMILES string of the molecule is COc1ccc(C(=O)N(CC2CCCO2)C2CC(C(=O)N3CCCNCC3)N(C(C)=O)C2)cc1. The third-order valence-corrected chi connectivity index (χ3v) is 7.08. The normalized spacial score (nSPS) is 25.2. The van der Waals surface area contributed by atoms with Crippen LogP contribution in [0.5, 0.6) is 5.75 Å². The first-order valence-corrected chi connectivity index (χ1v) is 12.3. The number of carbonyl (C=O) groups excluding carboxylic acids is 3. The van der Waals surface area contributed by atoms with Gasteiger partial charge in [-0.2, -0.15) is 0 Å². The van der Waals surface area contributed by atoms with Crippen molar-refractivity contribution in [1.82, 2.24) is 20.0 Å². The van der Waals surface area contributed by atoms with Gasteiger partial charge in [-0.3, -0.25) is 14.4 Å². The lowest BCUT2D eigenvalue weighted by molar-refractivity contribution is -0.142. The van der Waals surface area contributed by atoms with Crippen molar-refractivity contribution in [3.63, 3.8) is 0 Å². The van der Waals surface area contributed by atoms with Crippen molar-refractivity contribution in [3.05, 3.63) is 29.8 Å². The quantitative estimate of drug-likeness (QED) is 0.668. The number of likely N-dealkylation sites (tertiary alicyclic amines) is 1. The Morgan fingerprint density at radius 3 is 2.62 bits per heavy atom. The van der Waals surface area contributed by atoms with Crippen molar-refractivity contribution < 1.29 is 23.9 Å². The summed E-state index contributed by atoms with van der Waals surface area (Å²) in [7, 11) is 1.59. The molecule has 1 aromatic rings. The number of ether oxygens (including phenoxy) is 2.